The number of rotatable bonds is 10. The van der Waals surface area contributed by atoms with Gasteiger partial charge in [-0.1, -0.05) is 12.5 Å². The van der Waals surface area contributed by atoms with Crippen LogP contribution in [0.5, 0.6) is 0 Å². The van der Waals surface area contributed by atoms with E-state index in [0.717, 1.165) is 18.5 Å². The van der Waals surface area contributed by atoms with Crippen LogP contribution in [0.2, 0.25) is 0 Å². The molecule has 13 nitrogen and oxygen atoms in total. The lowest BCUT2D eigenvalue weighted by molar-refractivity contribution is -0.137. The molecule has 218 valence electrons. The van der Waals surface area contributed by atoms with E-state index in [0.29, 0.717) is 48.4 Å². The number of carbonyl (C=O) groups is 3. The van der Waals surface area contributed by atoms with Gasteiger partial charge in [-0.2, -0.15) is 9.97 Å². The van der Waals surface area contributed by atoms with Crippen LogP contribution in [-0.2, 0) is 20.9 Å². The molecule has 0 saturated heterocycles. The van der Waals surface area contributed by atoms with Gasteiger partial charge in [0, 0.05) is 31.3 Å². The number of anilines is 3. The molecule has 6 N–H and O–H groups in total. The molecule has 0 bridgehead atoms. The van der Waals surface area contributed by atoms with Gasteiger partial charge in [0.25, 0.3) is 12.4 Å². The number of amides is 1. The summed E-state index contributed by atoms with van der Waals surface area (Å²) in [6.07, 6.45) is 11.9. The second-order valence-corrected chi connectivity index (χ2v) is 9.49. The van der Waals surface area contributed by atoms with Crippen molar-refractivity contribution in [3.8, 4) is 0 Å². The summed E-state index contributed by atoms with van der Waals surface area (Å²) in [7, 11) is 1.88. The zero-order valence-corrected chi connectivity index (χ0v) is 23.0. The van der Waals surface area contributed by atoms with Crippen molar-refractivity contribution in [3.63, 3.8) is 0 Å². The first kappa shape index (κ1) is 30.7. The van der Waals surface area contributed by atoms with Crippen LogP contribution < -0.4 is 21.7 Å². The molecule has 0 spiro atoms. The summed E-state index contributed by atoms with van der Waals surface area (Å²) in [5.41, 5.74) is 14.2. The first-order valence-electron chi connectivity index (χ1n) is 13.4. The molecule has 0 fully saturated rings. The molecule has 0 radical (unpaired) electrons. The van der Waals surface area contributed by atoms with E-state index >= 15 is 0 Å². The Balaban J connectivity index is 0.000000352. The maximum atomic E-state index is 12.1. The van der Waals surface area contributed by atoms with Gasteiger partial charge in [-0.25, -0.2) is 9.97 Å². The third-order valence-electron chi connectivity index (χ3n) is 6.26. The van der Waals surface area contributed by atoms with Crippen LogP contribution in [0.4, 0.5) is 17.5 Å². The highest BCUT2D eigenvalue weighted by atomic mass is 16.5. The van der Waals surface area contributed by atoms with Crippen molar-refractivity contribution < 1.29 is 24.2 Å². The summed E-state index contributed by atoms with van der Waals surface area (Å²) >= 11 is 0. The Morgan fingerprint density at radius 2 is 1.93 bits per heavy atom. The van der Waals surface area contributed by atoms with E-state index in [9.17, 15) is 14.4 Å². The smallest absolute Gasteiger partial charge is 0.303 e. The van der Waals surface area contributed by atoms with Gasteiger partial charge in [0.2, 0.25) is 5.95 Å². The molecule has 1 aliphatic rings. The fraction of sp³-hybridized carbons (Fsp3) is 0.393. The molecule has 2 aromatic heterocycles. The monoisotopic (exact) mass is 564 g/mol. The van der Waals surface area contributed by atoms with Gasteiger partial charge in [-0.05, 0) is 62.4 Å². The zero-order valence-electron chi connectivity index (χ0n) is 23.0. The second kappa shape index (κ2) is 15.7. The summed E-state index contributed by atoms with van der Waals surface area (Å²) in [5.74, 6) is -0.907. The lowest BCUT2D eigenvalue weighted by atomic mass is 10.0. The van der Waals surface area contributed by atoms with E-state index in [4.69, 9.17) is 21.3 Å². The van der Waals surface area contributed by atoms with Gasteiger partial charge in [0.05, 0.1) is 18.4 Å². The maximum Gasteiger partial charge on any atom is 0.303 e. The minimum Gasteiger partial charge on any atom is -0.481 e. The minimum absolute atomic E-state index is 0.0207. The summed E-state index contributed by atoms with van der Waals surface area (Å²) in [5, 5.41) is 11.3. The average Bonchev–Trinajstić information content (AvgIpc) is 2.93. The number of ether oxygens (including phenoxy) is 1. The molecule has 0 aliphatic heterocycles. The fourth-order valence-corrected chi connectivity index (χ4v) is 4.12. The number of fused-ring (bicyclic) bond motifs is 1. The van der Waals surface area contributed by atoms with Crippen LogP contribution in [0.3, 0.4) is 0 Å². The van der Waals surface area contributed by atoms with Gasteiger partial charge >= 0.3 is 5.97 Å². The lowest BCUT2D eigenvalue weighted by Crippen LogP contribution is -2.25. The quantitative estimate of drug-likeness (QED) is 0.160. The van der Waals surface area contributed by atoms with Crippen molar-refractivity contribution in [2.24, 2.45) is 0 Å². The molecule has 41 heavy (non-hydrogen) atoms. The van der Waals surface area contributed by atoms with E-state index in [-0.39, 0.29) is 30.2 Å². The van der Waals surface area contributed by atoms with Crippen LogP contribution in [0.25, 0.3) is 11.2 Å². The molecule has 1 unspecified atom stereocenters. The number of nitrogens with one attached hydrogen (secondary N) is 1. The van der Waals surface area contributed by atoms with Crippen LogP contribution in [0, 0.1) is 0 Å². The number of carbonyl (C=O) groups excluding carboxylic acids is 2. The predicted molar refractivity (Wildman–Crippen MR) is 155 cm³/mol. The van der Waals surface area contributed by atoms with Crippen LogP contribution in [0.1, 0.15) is 61.0 Å². The zero-order chi connectivity index (χ0) is 29.6. The van der Waals surface area contributed by atoms with Crippen molar-refractivity contribution in [1.29, 1.82) is 0 Å². The van der Waals surface area contributed by atoms with E-state index < -0.39 is 5.97 Å². The first-order chi connectivity index (χ1) is 19.8. The van der Waals surface area contributed by atoms with Crippen LogP contribution in [0.15, 0.2) is 42.6 Å². The van der Waals surface area contributed by atoms with Gasteiger partial charge in [-0.3, -0.25) is 14.4 Å². The Morgan fingerprint density at radius 3 is 2.66 bits per heavy atom. The Morgan fingerprint density at radius 1 is 1.15 bits per heavy atom. The van der Waals surface area contributed by atoms with Gasteiger partial charge < -0.3 is 31.5 Å². The number of nitrogen functional groups attached to an aromatic ring is 2. The van der Waals surface area contributed by atoms with Crippen molar-refractivity contribution in [3.05, 3.63) is 53.9 Å². The molecule has 1 amide bonds. The van der Waals surface area contributed by atoms with Crippen LogP contribution in [-0.4, -0.2) is 63.1 Å². The Kier molecular flexibility index (Phi) is 11.8. The molecular formula is C28H36N8O5. The highest BCUT2D eigenvalue weighted by Crippen LogP contribution is 2.19. The second-order valence-electron chi connectivity index (χ2n) is 9.49. The number of aliphatic carboxylic acids is 1. The molecule has 2 heterocycles. The van der Waals surface area contributed by atoms with Crippen molar-refractivity contribution in [1.82, 2.24) is 25.3 Å². The van der Waals surface area contributed by atoms with Gasteiger partial charge in [0.15, 0.2) is 17.0 Å². The number of aromatic nitrogens is 4. The topological polar surface area (TPSA) is 200 Å². The number of benzene rings is 1. The molecule has 1 aliphatic carbocycles. The van der Waals surface area contributed by atoms with Crippen molar-refractivity contribution in [2.45, 2.75) is 57.6 Å². The molecule has 13 heteroatoms. The molecular weight excluding hydrogens is 528 g/mol. The number of carboxylic acids is 1. The predicted octanol–water partition coefficient (Wildman–Crippen LogP) is 2.86. The number of nitrogens with two attached hydrogens (primary N) is 2. The maximum absolute atomic E-state index is 12.1. The number of hydrogen-bond acceptors (Lipinski definition) is 11. The highest BCUT2D eigenvalue weighted by molar-refractivity contribution is 5.94. The van der Waals surface area contributed by atoms with E-state index in [2.05, 4.69) is 31.3 Å². The fourth-order valence-electron chi connectivity index (χ4n) is 4.12. The third kappa shape index (κ3) is 10.0. The normalized spacial score (nSPS) is 15.4. The summed E-state index contributed by atoms with van der Waals surface area (Å²) in [4.78, 5) is 51.2. The number of carboxylic acid groups (broad SMARTS) is 1. The van der Waals surface area contributed by atoms with Gasteiger partial charge in [-0.15, -0.1) is 0 Å². The minimum atomic E-state index is -0.882. The van der Waals surface area contributed by atoms with Gasteiger partial charge in [0.1, 0.15) is 6.10 Å². The number of nitrogens with zero attached hydrogens (tertiary/aromatic N) is 5. The van der Waals surface area contributed by atoms with Crippen molar-refractivity contribution >= 4 is 47.0 Å². The number of hydrogen-bond donors (Lipinski definition) is 4. The molecule has 4 rings (SSSR count). The largest absolute Gasteiger partial charge is 0.481 e. The highest BCUT2D eigenvalue weighted by Gasteiger charge is 2.11. The standard InChI is InChI=1S/C19H22N8O3.C9H14O2/c1-27(10-12-9-23-17-15(24-12)16(20)25-19(21)26-17)13-6-4-11(5-7-13)18(30)22-8-2-3-14(28)29;10-8-11-9-6-4-2-1-3-5-7-9/h4-7,9H,2-3,8,10H2,1H3,(H,22,30)(H,28,29)(H4,20,21,23,25,26);4,6,8-9H,1-3,5,7H2/b;6-4+. The average molecular weight is 565 g/mol. The first-order valence-corrected chi connectivity index (χ1v) is 13.4. The van der Waals surface area contributed by atoms with E-state index in [1.54, 1.807) is 18.3 Å². The summed E-state index contributed by atoms with van der Waals surface area (Å²) in [6.45, 7) is 1.30. The molecule has 1 aromatic carbocycles. The Bertz CT molecular complexity index is 1350. The van der Waals surface area contributed by atoms with Crippen molar-refractivity contribution in [2.75, 3.05) is 30.0 Å². The molecule has 0 saturated carbocycles. The third-order valence-corrected chi connectivity index (χ3v) is 6.26. The number of allylic oxidation sites excluding steroid dienone is 1. The Labute approximate surface area is 238 Å². The summed E-state index contributed by atoms with van der Waals surface area (Å²) in [6, 6.07) is 7.05. The van der Waals surface area contributed by atoms with E-state index in [1.165, 1.54) is 19.3 Å². The SMILES string of the molecule is CN(Cc1cnc2nc(N)nc(N)c2n1)c1ccc(C(=O)NCCCC(=O)O)cc1.O=COC1/C=C/CCCCC1. The van der Waals surface area contributed by atoms with Crippen LogP contribution >= 0.6 is 0 Å². The molecule has 1 atom stereocenters. The molecule has 3 aromatic rings. The lowest BCUT2D eigenvalue weighted by Gasteiger charge is -2.19. The Hall–Kier alpha value is -4.81. The summed E-state index contributed by atoms with van der Waals surface area (Å²) < 4.78 is 4.85. The van der Waals surface area contributed by atoms with E-state index in [1.807, 2.05) is 30.2 Å².